The van der Waals surface area contributed by atoms with E-state index in [1.807, 2.05) is 52.9 Å². The SMILES string of the molecule is CCCCCNC(=O)C(Cc1ccc(O)c(I)c1)NC(=O)C(Cc1ccccc1)NC(=O)OC(C)(C)C. The molecule has 8 nitrogen and oxygen atoms in total. The van der Waals surface area contributed by atoms with Crippen molar-refractivity contribution in [3.8, 4) is 5.75 Å². The van der Waals surface area contributed by atoms with Crippen LogP contribution in [0.5, 0.6) is 5.75 Å². The molecule has 0 fully saturated rings. The zero-order valence-electron chi connectivity index (χ0n) is 22.0. The Balaban J connectivity index is 2.23. The third-order valence-corrected chi connectivity index (χ3v) is 6.32. The van der Waals surface area contributed by atoms with Gasteiger partial charge in [0, 0.05) is 19.4 Å². The van der Waals surface area contributed by atoms with Crippen LogP contribution < -0.4 is 16.0 Å². The van der Waals surface area contributed by atoms with Gasteiger partial charge >= 0.3 is 6.09 Å². The molecule has 0 aliphatic heterocycles. The van der Waals surface area contributed by atoms with Crippen LogP contribution in [0.4, 0.5) is 4.79 Å². The molecule has 3 amide bonds. The molecule has 2 aromatic carbocycles. The number of unbranched alkanes of at least 4 members (excludes halogenated alkanes) is 2. The van der Waals surface area contributed by atoms with E-state index in [9.17, 15) is 19.5 Å². The van der Waals surface area contributed by atoms with Gasteiger partial charge in [-0.05, 0) is 73.0 Å². The standard InChI is InChI=1S/C28H38IN3O5/c1-5-6-10-15-30-25(34)22(18-20-13-14-24(33)21(29)16-20)31-26(35)23(17-19-11-8-7-9-12-19)32-27(36)37-28(2,3)4/h7-9,11-14,16,22-23,33H,5-6,10,15,17-18H2,1-4H3,(H,30,34)(H,31,35)(H,32,36). The minimum Gasteiger partial charge on any atom is -0.507 e. The maximum absolute atomic E-state index is 13.4. The first-order valence-corrected chi connectivity index (χ1v) is 13.6. The molecule has 2 aromatic rings. The monoisotopic (exact) mass is 623 g/mol. The van der Waals surface area contributed by atoms with Crippen LogP contribution in [0.25, 0.3) is 0 Å². The number of aromatic hydroxyl groups is 1. The highest BCUT2D eigenvalue weighted by Gasteiger charge is 2.29. The van der Waals surface area contributed by atoms with E-state index < -0.39 is 29.7 Å². The van der Waals surface area contributed by atoms with Crippen LogP contribution in [0.1, 0.15) is 58.1 Å². The van der Waals surface area contributed by atoms with Crippen molar-refractivity contribution < 1.29 is 24.2 Å². The number of halogens is 1. The average Bonchev–Trinajstić information content (AvgIpc) is 2.82. The molecule has 37 heavy (non-hydrogen) atoms. The molecule has 0 bridgehead atoms. The summed E-state index contributed by atoms with van der Waals surface area (Å²) in [6, 6.07) is 12.6. The van der Waals surface area contributed by atoms with Crippen molar-refractivity contribution >= 4 is 40.5 Å². The topological polar surface area (TPSA) is 117 Å². The smallest absolute Gasteiger partial charge is 0.408 e. The zero-order chi connectivity index (χ0) is 27.4. The maximum atomic E-state index is 13.4. The number of rotatable bonds is 12. The summed E-state index contributed by atoms with van der Waals surface area (Å²) in [7, 11) is 0. The van der Waals surface area contributed by atoms with Gasteiger partial charge in [0.05, 0.1) is 3.57 Å². The van der Waals surface area contributed by atoms with E-state index >= 15 is 0 Å². The van der Waals surface area contributed by atoms with Gasteiger partial charge in [-0.25, -0.2) is 4.79 Å². The maximum Gasteiger partial charge on any atom is 0.408 e. The number of hydrogen-bond acceptors (Lipinski definition) is 5. The molecule has 2 unspecified atom stereocenters. The fourth-order valence-electron chi connectivity index (χ4n) is 3.61. The van der Waals surface area contributed by atoms with Crippen LogP contribution in [-0.4, -0.2) is 47.2 Å². The van der Waals surface area contributed by atoms with E-state index in [0.717, 1.165) is 30.4 Å². The number of nitrogens with one attached hydrogen (secondary N) is 3. The second-order valence-corrected chi connectivity index (χ2v) is 11.1. The van der Waals surface area contributed by atoms with Crippen LogP contribution in [0, 0.1) is 3.57 Å². The van der Waals surface area contributed by atoms with Crippen molar-refractivity contribution in [2.45, 2.75) is 77.5 Å². The quantitative estimate of drug-likeness (QED) is 0.206. The summed E-state index contributed by atoms with van der Waals surface area (Å²) in [5.41, 5.74) is 0.915. The largest absolute Gasteiger partial charge is 0.507 e. The number of phenols is 1. The predicted molar refractivity (Wildman–Crippen MR) is 152 cm³/mol. The van der Waals surface area contributed by atoms with Crippen molar-refractivity contribution in [3.63, 3.8) is 0 Å². The first-order chi connectivity index (χ1) is 17.5. The predicted octanol–water partition coefficient (Wildman–Crippen LogP) is 4.47. The van der Waals surface area contributed by atoms with Crippen LogP contribution >= 0.6 is 22.6 Å². The first kappa shape index (κ1) is 30.4. The van der Waals surface area contributed by atoms with Crippen molar-refractivity contribution in [3.05, 3.63) is 63.2 Å². The van der Waals surface area contributed by atoms with Crippen molar-refractivity contribution in [2.24, 2.45) is 0 Å². The average molecular weight is 624 g/mol. The lowest BCUT2D eigenvalue weighted by Crippen LogP contribution is -2.55. The summed E-state index contributed by atoms with van der Waals surface area (Å²) in [6.07, 6.45) is 2.61. The molecule has 0 aliphatic rings. The van der Waals surface area contributed by atoms with Gasteiger partial charge in [0.2, 0.25) is 11.8 Å². The Hall–Kier alpha value is -2.82. The van der Waals surface area contributed by atoms with Gasteiger partial charge in [0.25, 0.3) is 0 Å². The van der Waals surface area contributed by atoms with Gasteiger partial charge in [-0.2, -0.15) is 0 Å². The number of phenolic OH excluding ortho intramolecular Hbond substituents is 1. The summed E-state index contributed by atoms with van der Waals surface area (Å²) in [6.45, 7) is 7.84. The molecular weight excluding hydrogens is 585 g/mol. The van der Waals surface area contributed by atoms with E-state index in [1.165, 1.54) is 0 Å². The number of benzene rings is 2. The van der Waals surface area contributed by atoms with E-state index in [2.05, 4.69) is 22.9 Å². The fourth-order valence-corrected chi connectivity index (χ4v) is 4.19. The van der Waals surface area contributed by atoms with Crippen LogP contribution in [0.15, 0.2) is 48.5 Å². The Labute approximate surface area is 233 Å². The summed E-state index contributed by atoms with van der Waals surface area (Å²) in [4.78, 5) is 39.1. The second-order valence-electron chi connectivity index (χ2n) is 9.94. The fraction of sp³-hybridized carbons (Fsp3) is 0.464. The minimum atomic E-state index is -0.951. The molecule has 0 saturated carbocycles. The Morgan fingerprint density at radius 1 is 0.919 bits per heavy atom. The Bertz CT molecular complexity index is 1040. The number of hydrogen-bond donors (Lipinski definition) is 4. The summed E-state index contributed by atoms with van der Waals surface area (Å²) < 4.78 is 6.02. The number of amides is 3. The molecule has 0 aliphatic carbocycles. The lowest BCUT2D eigenvalue weighted by molar-refractivity contribution is -0.130. The number of carbonyl (C=O) groups excluding carboxylic acids is 3. The number of alkyl carbamates (subject to hydrolysis) is 1. The molecule has 0 heterocycles. The Kier molecular flexibility index (Phi) is 12.2. The lowest BCUT2D eigenvalue weighted by atomic mass is 10.0. The highest BCUT2D eigenvalue weighted by Crippen LogP contribution is 2.21. The molecule has 0 saturated heterocycles. The third kappa shape index (κ3) is 11.4. The second kappa shape index (κ2) is 14.8. The van der Waals surface area contributed by atoms with Crippen molar-refractivity contribution in [2.75, 3.05) is 6.54 Å². The molecule has 0 aromatic heterocycles. The van der Waals surface area contributed by atoms with Crippen LogP contribution in [0.3, 0.4) is 0 Å². The van der Waals surface area contributed by atoms with Gasteiger partial charge in [0.15, 0.2) is 0 Å². The van der Waals surface area contributed by atoms with Gasteiger partial charge in [-0.1, -0.05) is 56.2 Å². The van der Waals surface area contributed by atoms with Crippen molar-refractivity contribution in [1.29, 1.82) is 0 Å². The van der Waals surface area contributed by atoms with Crippen molar-refractivity contribution in [1.82, 2.24) is 16.0 Å². The molecule has 9 heteroatoms. The van der Waals surface area contributed by atoms with E-state index in [1.54, 1.807) is 39.0 Å². The molecule has 0 radical (unpaired) electrons. The molecule has 2 atom stereocenters. The third-order valence-electron chi connectivity index (χ3n) is 5.45. The molecule has 4 N–H and O–H groups in total. The molecular formula is C28H38IN3O5. The lowest BCUT2D eigenvalue weighted by Gasteiger charge is -2.25. The van der Waals surface area contributed by atoms with E-state index in [0.29, 0.717) is 10.1 Å². The zero-order valence-corrected chi connectivity index (χ0v) is 24.1. The summed E-state index contributed by atoms with van der Waals surface area (Å²) in [5.74, 6) is -0.640. The number of ether oxygens (including phenoxy) is 1. The summed E-state index contributed by atoms with van der Waals surface area (Å²) >= 11 is 2.02. The highest BCUT2D eigenvalue weighted by molar-refractivity contribution is 14.1. The highest BCUT2D eigenvalue weighted by atomic mass is 127. The van der Waals surface area contributed by atoms with Crippen LogP contribution in [-0.2, 0) is 27.2 Å². The van der Waals surface area contributed by atoms with Gasteiger partial charge in [0.1, 0.15) is 23.4 Å². The number of carbonyl (C=O) groups is 3. The van der Waals surface area contributed by atoms with Gasteiger partial charge < -0.3 is 25.8 Å². The normalized spacial score (nSPS) is 12.8. The minimum absolute atomic E-state index is 0.151. The van der Waals surface area contributed by atoms with E-state index in [-0.39, 0.29) is 24.5 Å². The summed E-state index contributed by atoms with van der Waals surface area (Å²) in [5, 5.41) is 18.3. The molecule has 2 rings (SSSR count). The van der Waals surface area contributed by atoms with E-state index in [4.69, 9.17) is 4.74 Å². The first-order valence-electron chi connectivity index (χ1n) is 12.6. The van der Waals surface area contributed by atoms with Gasteiger partial charge in [-0.15, -0.1) is 0 Å². The molecule has 202 valence electrons. The molecule has 0 spiro atoms. The Morgan fingerprint density at radius 2 is 1.57 bits per heavy atom. The Morgan fingerprint density at radius 3 is 2.19 bits per heavy atom. The van der Waals surface area contributed by atoms with Crippen LogP contribution in [0.2, 0.25) is 0 Å². The van der Waals surface area contributed by atoms with Gasteiger partial charge in [-0.3, -0.25) is 9.59 Å².